The Morgan fingerprint density at radius 1 is 1.13 bits per heavy atom. The van der Waals surface area contributed by atoms with Crippen molar-refractivity contribution in [2.24, 2.45) is 0 Å². The number of aromatic amines is 1. The molecule has 1 saturated heterocycles. The summed E-state index contributed by atoms with van der Waals surface area (Å²) in [5.41, 5.74) is 0. The predicted octanol–water partition coefficient (Wildman–Crippen LogP) is 2.96. The van der Waals surface area contributed by atoms with Crippen LogP contribution in [0.4, 0.5) is 5.13 Å². The van der Waals surface area contributed by atoms with Crippen molar-refractivity contribution in [2.75, 3.05) is 18.0 Å². The van der Waals surface area contributed by atoms with Crippen LogP contribution in [0, 0.1) is 0 Å². The van der Waals surface area contributed by atoms with Crippen molar-refractivity contribution in [1.29, 1.82) is 0 Å². The summed E-state index contributed by atoms with van der Waals surface area (Å²) >= 11 is 1.75. The van der Waals surface area contributed by atoms with Crippen molar-refractivity contribution in [3.8, 4) is 10.7 Å². The molecule has 1 fully saturated rings. The number of aryl methyl sites for hydroxylation is 2. The molecule has 23 heavy (non-hydrogen) atoms. The maximum atomic E-state index is 4.59. The summed E-state index contributed by atoms with van der Waals surface area (Å²) in [4.78, 5) is 20.1. The molecule has 0 atom stereocenters. The number of thiazole rings is 1. The molecule has 7 heteroatoms. The molecule has 0 aromatic carbocycles. The van der Waals surface area contributed by atoms with Crippen molar-refractivity contribution in [1.82, 2.24) is 24.5 Å². The van der Waals surface area contributed by atoms with Gasteiger partial charge in [0.2, 0.25) is 0 Å². The lowest BCUT2D eigenvalue weighted by Gasteiger charge is -2.12. The summed E-state index contributed by atoms with van der Waals surface area (Å²) in [6.07, 6.45) is 14.1. The fourth-order valence-corrected chi connectivity index (χ4v) is 3.97. The van der Waals surface area contributed by atoms with E-state index in [2.05, 4.69) is 29.4 Å². The van der Waals surface area contributed by atoms with Crippen LogP contribution in [-0.2, 0) is 13.0 Å². The number of nitrogens with one attached hydrogen (secondary N) is 1. The summed E-state index contributed by atoms with van der Waals surface area (Å²) in [5, 5.41) is 1.13. The number of anilines is 1. The van der Waals surface area contributed by atoms with Gasteiger partial charge in [-0.15, -0.1) is 0 Å². The minimum atomic E-state index is 0.937. The zero-order valence-corrected chi connectivity index (χ0v) is 13.8. The average Bonchev–Trinajstić information content (AvgIpc) is 3.33. The van der Waals surface area contributed by atoms with E-state index in [1.807, 2.05) is 24.8 Å². The second kappa shape index (κ2) is 6.54. The Morgan fingerprint density at radius 2 is 2.04 bits per heavy atom. The van der Waals surface area contributed by atoms with E-state index in [4.69, 9.17) is 0 Å². The maximum absolute atomic E-state index is 4.59. The van der Waals surface area contributed by atoms with Crippen LogP contribution in [0.15, 0.2) is 31.0 Å². The summed E-state index contributed by atoms with van der Waals surface area (Å²) < 4.78 is 2.21. The highest BCUT2D eigenvalue weighted by Gasteiger charge is 2.17. The number of aromatic nitrogens is 5. The van der Waals surface area contributed by atoms with Crippen LogP contribution in [0.25, 0.3) is 10.7 Å². The average molecular weight is 328 g/mol. The predicted molar refractivity (Wildman–Crippen MR) is 91.7 cm³/mol. The normalized spacial score (nSPS) is 14.7. The lowest BCUT2D eigenvalue weighted by Crippen LogP contribution is -2.16. The molecule has 1 N–H and O–H groups in total. The van der Waals surface area contributed by atoms with E-state index in [0.29, 0.717) is 0 Å². The second-order valence-corrected chi connectivity index (χ2v) is 6.79. The van der Waals surface area contributed by atoms with Crippen LogP contribution < -0.4 is 4.90 Å². The maximum Gasteiger partial charge on any atom is 0.185 e. The van der Waals surface area contributed by atoms with Gasteiger partial charge >= 0.3 is 0 Å². The van der Waals surface area contributed by atoms with Crippen molar-refractivity contribution >= 4 is 16.5 Å². The molecule has 3 aromatic heterocycles. The highest BCUT2D eigenvalue weighted by molar-refractivity contribution is 7.18. The lowest BCUT2D eigenvalue weighted by molar-refractivity contribution is 0.637. The zero-order valence-electron chi connectivity index (χ0n) is 13.0. The van der Waals surface area contributed by atoms with E-state index < -0.39 is 0 Å². The van der Waals surface area contributed by atoms with Gasteiger partial charge in [0.25, 0.3) is 0 Å². The zero-order chi connectivity index (χ0) is 15.5. The van der Waals surface area contributed by atoms with Crippen LogP contribution in [-0.4, -0.2) is 37.6 Å². The van der Waals surface area contributed by atoms with Crippen LogP contribution in [0.1, 0.15) is 25.1 Å². The van der Waals surface area contributed by atoms with Gasteiger partial charge in [0.15, 0.2) is 11.0 Å². The quantitative estimate of drug-likeness (QED) is 0.755. The Balaban J connectivity index is 1.44. The van der Waals surface area contributed by atoms with Gasteiger partial charge in [0, 0.05) is 50.8 Å². The minimum Gasteiger partial charge on any atom is -0.349 e. The van der Waals surface area contributed by atoms with Gasteiger partial charge in [0.05, 0.1) is 11.1 Å². The SMILES string of the molecule is c1c[nH]c(CCCn2ccnc2-c2cnc(N3CCCC3)s2)n1. The van der Waals surface area contributed by atoms with Gasteiger partial charge < -0.3 is 14.5 Å². The molecule has 3 aromatic rings. The summed E-state index contributed by atoms with van der Waals surface area (Å²) in [6.45, 7) is 3.20. The van der Waals surface area contributed by atoms with Crippen molar-refractivity contribution in [2.45, 2.75) is 32.2 Å². The molecule has 0 unspecified atom stereocenters. The van der Waals surface area contributed by atoms with Crippen molar-refractivity contribution < 1.29 is 0 Å². The monoisotopic (exact) mass is 328 g/mol. The highest BCUT2D eigenvalue weighted by atomic mass is 32.1. The molecule has 120 valence electrons. The molecule has 4 heterocycles. The third-order valence-electron chi connectivity index (χ3n) is 4.17. The fourth-order valence-electron chi connectivity index (χ4n) is 2.99. The Bertz CT molecular complexity index is 738. The largest absolute Gasteiger partial charge is 0.349 e. The Kier molecular flexibility index (Phi) is 4.10. The van der Waals surface area contributed by atoms with Crippen LogP contribution in [0.2, 0.25) is 0 Å². The minimum absolute atomic E-state index is 0.937. The van der Waals surface area contributed by atoms with Crippen LogP contribution in [0.3, 0.4) is 0 Å². The summed E-state index contributed by atoms with van der Waals surface area (Å²) in [7, 11) is 0. The molecular weight excluding hydrogens is 308 g/mol. The number of hydrogen-bond donors (Lipinski definition) is 1. The molecular formula is C16H20N6S. The van der Waals surface area contributed by atoms with Gasteiger partial charge in [-0.2, -0.15) is 0 Å². The van der Waals surface area contributed by atoms with E-state index in [9.17, 15) is 0 Å². The first kappa shape index (κ1) is 14.4. The van der Waals surface area contributed by atoms with Crippen molar-refractivity contribution in [3.63, 3.8) is 0 Å². The topological polar surface area (TPSA) is 62.6 Å². The lowest BCUT2D eigenvalue weighted by atomic mass is 10.3. The van der Waals surface area contributed by atoms with Crippen LogP contribution >= 0.6 is 11.3 Å². The van der Waals surface area contributed by atoms with E-state index in [0.717, 1.165) is 54.1 Å². The number of imidazole rings is 2. The molecule has 0 amide bonds. The summed E-state index contributed by atoms with van der Waals surface area (Å²) in [6, 6.07) is 0. The molecule has 1 aliphatic heterocycles. The van der Waals surface area contributed by atoms with Crippen LogP contribution in [0.5, 0.6) is 0 Å². The smallest absolute Gasteiger partial charge is 0.185 e. The molecule has 0 bridgehead atoms. The first-order valence-electron chi connectivity index (χ1n) is 8.11. The van der Waals surface area contributed by atoms with E-state index >= 15 is 0 Å². The first-order valence-corrected chi connectivity index (χ1v) is 8.92. The van der Waals surface area contributed by atoms with Gasteiger partial charge in [-0.25, -0.2) is 15.0 Å². The molecule has 0 saturated carbocycles. The number of H-pyrrole nitrogens is 1. The first-order chi connectivity index (χ1) is 11.4. The van der Waals surface area contributed by atoms with Gasteiger partial charge in [-0.05, 0) is 19.3 Å². The molecule has 0 radical (unpaired) electrons. The van der Waals surface area contributed by atoms with E-state index in [1.54, 1.807) is 17.5 Å². The third kappa shape index (κ3) is 3.14. The van der Waals surface area contributed by atoms with E-state index in [-0.39, 0.29) is 0 Å². The van der Waals surface area contributed by atoms with Crippen molar-refractivity contribution in [3.05, 3.63) is 36.8 Å². The molecule has 6 nitrogen and oxygen atoms in total. The third-order valence-corrected chi connectivity index (χ3v) is 5.23. The molecule has 0 aliphatic carbocycles. The molecule has 0 spiro atoms. The molecule has 4 rings (SSSR count). The number of hydrogen-bond acceptors (Lipinski definition) is 5. The fraction of sp³-hybridized carbons (Fsp3) is 0.438. The summed E-state index contributed by atoms with van der Waals surface area (Å²) in [5.74, 6) is 2.06. The van der Waals surface area contributed by atoms with Gasteiger partial charge in [-0.3, -0.25) is 0 Å². The van der Waals surface area contributed by atoms with Gasteiger partial charge in [0.1, 0.15) is 5.82 Å². The number of rotatable bonds is 6. The molecule has 1 aliphatic rings. The number of nitrogens with zero attached hydrogens (tertiary/aromatic N) is 5. The van der Waals surface area contributed by atoms with Gasteiger partial charge in [-0.1, -0.05) is 11.3 Å². The highest BCUT2D eigenvalue weighted by Crippen LogP contribution is 2.31. The Labute approximate surface area is 139 Å². The Morgan fingerprint density at radius 3 is 2.87 bits per heavy atom. The standard InChI is InChI=1S/C16H20N6S/c1-2-9-22(8-1)16-20-12-13(23-16)15-19-7-11-21(15)10-3-4-14-17-5-6-18-14/h5-7,11-12H,1-4,8-10H2,(H,17,18). The van der Waals surface area contributed by atoms with E-state index in [1.165, 1.54) is 12.8 Å². The Hall–Kier alpha value is -2.15. The second-order valence-electron chi connectivity index (χ2n) is 5.78.